The molecule has 4 aromatic rings. The number of para-hydroxylation sites is 1. The third kappa shape index (κ3) is 7.32. The van der Waals surface area contributed by atoms with Crippen LogP contribution in [0.25, 0.3) is 23.0 Å². The Labute approximate surface area is 252 Å². The Hall–Kier alpha value is -4.28. The van der Waals surface area contributed by atoms with Crippen molar-refractivity contribution in [1.29, 1.82) is 0 Å². The number of aromatic nitrogens is 2. The first-order valence-corrected chi connectivity index (χ1v) is 14.7. The normalized spacial score (nSPS) is 14.1. The second kappa shape index (κ2) is 13.6. The molecule has 3 aromatic carbocycles. The third-order valence-electron chi connectivity index (χ3n) is 6.62. The van der Waals surface area contributed by atoms with Gasteiger partial charge in [-0.15, -0.1) is 0 Å². The zero-order chi connectivity index (χ0) is 29.5. The Balaban J connectivity index is 1.39. The summed E-state index contributed by atoms with van der Waals surface area (Å²) in [7, 11) is 0. The van der Waals surface area contributed by atoms with Gasteiger partial charge in [-0.05, 0) is 60.9 Å². The van der Waals surface area contributed by atoms with E-state index in [0.29, 0.717) is 46.5 Å². The number of thiocarbonyl (C=S) groups is 1. The molecule has 0 aliphatic carbocycles. The summed E-state index contributed by atoms with van der Waals surface area (Å²) in [5.41, 5.74) is 3.94. The van der Waals surface area contributed by atoms with Gasteiger partial charge in [-0.25, -0.2) is 9.07 Å². The van der Waals surface area contributed by atoms with Crippen LogP contribution in [-0.4, -0.2) is 42.5 Å². The molecule has 1 aromatic heterocycles. The van der Waals surface area contributed by atoms with Gasteiger partial charge < -0.3 is 9.84 Å². The van der Waals surface area contributed by atoms with Crippen LogP contribution in [-0.2, 0) is 16.2 Å². The summed E-state index contributed by atoms with van der Waals surface area (Å²) < 4.78 is 21.5. The van der Waals surface area contributed by atoms with Gasteiger partial charge in [-0.2, -0.15) is 5.10 Å². The Morgan fingerprint density at radius 3 is 2.57 bits per heavy atom. The Morgan fingerprint density at radius 1 is 1.02 bits per heavy atom. The van der Waals surface area contributed by atoms with E-state index in [0.717, 1.165) is 22.4 Å². The molecule has 1 fully saturated rings. The van der Waals surface area contributed by atoms with E-state index in [2.05, 4.69) is 0 Å². The van der Waals surface area contributed by atoms with E-state index < -0.39 is 5.97 Å². The fraction of sp³-hybridized carbons (Fsp3) is 0.188. The first kappa shape index (κ1) is 29.2. The van der Waals surface area contributed by atoms with E-state index in [-0.39, 0.29) is 24.8 Å². The molecule has 2 heterocycles. The molecule has 5 rings (SSSR count). The van der Waals surface area contributed by atoms with Gasteiger partial charge in [-0.3, -0.25) is 14.5 Å². The molecule has 0 saturated carbocycles. The standard InChI is InChI=1S/C32H28FN3O4S2/c33-25-15-13-22(14-16-25)21-40-27-11-7-8-23(18-27)30-24(20-36(34-30)26-9-3-1-4-10-26)19-28-31(39)35(32(41)42-28)17-6-2-5-12-29(37)38/h1,3-4,7-11,13-16,18-20H,2,5-6,12,17,21H2,(H,37,38). The second-order valence-electron chi connectivity index (χ2n) is 9.69. The van der Waals surface area contributed by atoms with Crippen LogP contribution < -0.4 is 4.74 Å². The van der Waals surface area contributed by atoms with Gasteiger partial charge in [0.25, 0.3) is 5.91 Å². The van der Waals surface area contributed by atoms with Crippen LogP contribution in [0.4, 0.5) is 4.39 Å². The van der Waals surface area contributed by atoms with Gasteiger partial charge in [0.2, 0.25) is 0 Å². The number of carboxylic acid groups (broad SMARTS) is 1. The minimum Gasteiger partial charge on any atom is -0.489 e. The number of rotatable bonds is 12. The molecule has 0 bridgehead atoms. The lowest BCUT2D eigenvalue weighted by Crippen LogP contribution is -2.29. The Morgan fingerprint density at radius 2 is 1.81 bits per heavy atom. The van der Waals surface area contributed by atoms with Gasteiger partial charge in [0.1, 0.15) is 28.2 Å². The van der Waals surface area contributed by atoms with Crippen molar-refractivity contribution in [3.63, 3.8) is 0 Å². The van der Waals surface area contributed by atoms with Crippen LogP contribution in [0.1, 0.15) is 36.8 Å². The molecule has 0 unspecified atom stereocenters. The lowest BCUT2D eigenvalue weighted by Gasteiger charge is -2.13. The maximum Gasteiger partial charge on any atom is 0.303 e. The highest BCUT2D eigenvalue weighted by Crippen LogP contribution is 2.35. The first-order chi connectivity index (χ1) is 20.4. The number of amides is 1. The molecule has 42 heavy (non-hydrogen) atoms. The molecule has 214 valence electrons. The topological polar surface area (TPSA) is 84.7 Å². The van der Waals surface area contributed by atoms with Crippen LogP contribution in [0, 0.1) is 5.82 Å². The summed E-state index contributed by atoms with van der Waals surface area (Å²) in [6, 6.07) is 23.4. The monoisotopic (exact) mass is 601 g/mol. The molecule has 0 radical (unpaired) electrons. The van der Waals surface area contributed by atoms with Crippen LogP contribution in [0.2, 0.25) is 0 Å². The fourth-order valence-electron chi connectivity index (χ4n) is 4.47. The molecular weight excluding hydrogens is 574 g/mol. The number of carboxylic acids is 1. The van der Waals surface area contributed by atoms with Crippen molar-refractivity contribution in [3.05, 3.63) is 107 Å². The van der Waals surface area contributed by atoms with Gasteiger partial charge in [0.15, 0.2) is 0 Å². The maximum atomic E-state index is 13.3. The minimum atomic E-state index is -0.819. The number of ether oxygens (including phenoxy) is 1. The number of benzene rings is 3. The molecule has 10 heteroatoms. The lowest BCUT2D eigenvalue weighted by molar-refractivity contribution is -0.137. The van der Waals surface area contributed by atoms with E-state index in [9.17, 15) is 14.0 Å². The quantitative estimate of drug-likeness (QED) is 0.105. The number of unbranched alkanes of at least 4 members (excludes halogenated alkanes) is 2. The van der Waals surface area contributed by atoms with E-state index in [4.69, 9.17) is 27.2 Å². The van der Waals surface area contributed by atoms with E-state index in [1.54, 1.807) is 21.7 Å². The summed E-state index contributed by atoms with van der Waals surface area (Å²) in [4.78, 5) is 26.1. The highest BCUT2D eigenvalue weighted by Gasteiger charge is 2.32. The highest BCUT2D eigenvalue weighted by molar-refractivity contribution is 8.26. The van der Waals surface area contributed by atoms with Crippen molar-refractivity contribution < 1.29 is 23.8 Å². The molecule has 1 saturated heterocycles. The maximum absolute atomic E-state index is 13.3. The molecule has 0 spiro atoms. The Bertz CT molecular complexity index is 1620. The summed E-state index contributed by atoms with van der Waals surface area (Å²) in [5, 5.41) is 13.7. The predicted molar refractivity (Wildman–Crippen MR) is 166 cm³/mol. The first-order valence-electron chi connectivity index (χ1n) is 13.5. The molecule has 0 atom stereocenters. The number of hydrogen-bond acceptors (Lipinski definition) is 6. The number of hydrogen-bond donors (Lipinski definition) is 1. The third-order valence-corrected chi connectivity index (χ3v) is 8.00. The number of carbonyl (C=O) groups is 2. The molecule has 1 N–H and O–H groups in total. The molecule has 1 amide bonds. The summed E-state index contributed by atoms with van der Waals surface area (Å²) in [6.07, 6.45) is 5.76. The van der Waals surface area contributed by atoms with Crippen LogP contribution in [0.5, 0.6) is 5.75 Å². The van der Waals surface area contributed by atoms with Gasteiger partial charge in [-0.1, -0.05) is 72.9 Å². The molecule has 1 aliphatic heterocycles. The number of nitrogens with zero attached hydrogens (tertiary/aromatic N) is 3. The molecule has 7 nitrogen and oxygen atoms in total. The minimum absolute atomic E-state index is 0.116. The van der Waals surface area contributed by atoms with E-state index >= 15 is 0 Å². The van der Waals surface area contributed by atoms with E-state index in [1.165, 1.54) is 23.9 Å². The molecule has 1 aliphatic rings. The second-order valence-corrected chi connectivity index (χ2v) is 11.4. The van der Waals surface area contributed by atoms with Crippen LogP contribution >= 0.6 is 24.0 Å². The van der Waals surface area contributed by atoms with Crippen molar-refractivity contribution in [1.82, 2.24) is 14.7 Å². The number of carbonyl (C=O) groups excluding carboxylic acids is 1. The van der Waals surface area contributed by atoms with Crippen LogP contribution in [0.15, 0.2) is 90.0 Å². The largest absolute Gasteiger partial charge is 0.489 e. The lowest BCUT2D eigenvalue weighted by atomic mass is 10.1. The van der Waals surface area contributed by atoms with Crippen molar-refractivity contribution in [2.45, 2.75) is 32.3 Å². The summed E-state index contributed by atoms with van der Waals surface area (Å²) >= 11 is 6.76. The zero-order valence-corrected chi connectivity index (χ0v) is 24.2. The highest BCUT2D eigenvalue weighted by atomic mass is 32.2. The predicted octanol–water partition coefficient (Wildman–Crippen LogP) is 7.10. The SMILES string of the molecule is O=C(O)CCCCCN1C(=O)C(=Cc2cn(-c3ccccc3)nc2-c2cccc(OCc3ccc(F)cc3)c2)SC1=S. The fourth-order valence-corrected chi connectivity index (χ4v) is 5.77. The van der Waals surface area contributed by atoms with Gasteiger partial charge >= 0.3 is 5.97 Å². The average molecular weight is 602 g/mol. The van der Waals surface area contributed by atoms with Crippen molar-refractivity contribution in [3.8, 4) is 22.7 Å². The van der Waals surface area contributed by atoms with Crippen molar-refractivity contribution in [2.75, 3.05) is 6.54 Å². The number of thioether (sulfide) groups is 1. The van der Waals surface area contributed by atoms with E-state index in [1.807, 2.05) is 66.9 Å². The Kier molecular flexibility index (Phi) is 9.45. The molecular formula is C32H28FN3O4S2. The number of aliphatic carboxylic acids is 1. The summed E-state index contributed by atoms with van der Waals surface area (Å²) in [5.74, 6) is -0.653. The van der Waals surface area contributed by atoms with Crippen molar-refractivity contribution in [2.24, 2.45) is 0 Å². The summed E-state index contributed by atoms with van der Waals surface area (Å²) in [6.45, 7) is 0.735. The van der Waals surface area contributed by atoms with Crippen LogP contribution in [0.3, 0.4) is 0 Å². The zero-order valence-electron chi connectivity index (χ0n) is 22.6. The smallest absolute Gasteiger partial charge is 0.303 e. The van der Waals surface area contributed by atoms with Gasteiger partial charge in [0, 0.05) is 30.3 Å². The average Bonchev–Trinajstić information content (AvgIpc) is 3.53. The van der Waals surface area contributed by atoms with Crippen molar-refractivity contribution >= 4 is 46.3 Å². The van der Waals surface area contributed by atoms with Gasteiger partial charge in [0.05, 0.1) is 10.6 Å². The number of halogens is 1.